The predicted molar refractivity (Wildman–Crippen MR) is 152 cm³/mol. The summed E-state index contributed by atoms with van der Waals surface area (Å²) in [6.07, 6.45) is 2.71. The standard InChI is InChI=1S/C27H31F2N7O4S/c1-4-35-26(40)21-23(38)22(37)18(24(32)41-20(31)11-16-5-6-17(28)12-19(16)29)13-36(21)34(3)27(35)9-7-15(8-10-27)25(39)33-14(2)30/h5-6,12-13,15,31-32,38H,4,7-11H2,1-3H3,(H2,30,33,39). The Kier molecular flexibility index (Phi) is 8.34. The highest BCUT2D eigenvalue weighted by Crippen LogP contribution is 2.42. The van der Waals surface area contributed by atoms with Crippen molar-refractivity contribution in [3.05, 3.63) is 63.1 Å². The van der Waals surface area contributed by atoms with Crippen molar-refractivity contribution in [3.8, 4) is 5.75 Å². The zero-order chi connectivity index (χ0) is 30.2. The lowest BCUT2D eigenvalue weighted by Crippen LogP contribution is -2.70. The molecule has 2 amide bonds. The van der Waals surface area contributed by atoms with Gasteiger partial charge in [0.05, 0.1) is 16.4 Å². The first kappa shape index (κ1) is 29.9. The number of aromatic nitrogens is 1. The minimum absolute atomic E-state index is 0.0510. The number of aromatic hydroxyl groups is 1. The molecule has 1 aromatic heterocycles. The van der Waals surface area contributed by atoms with Gasteiger partial charge < -0.3 is 15.7 Å². The van der Waals surface area contributed by atoms with Crippen LogP contribution in [0.1, 0.15) is 61.1 Å². The third-order valence-electron chi connectivity index (χ3n) is 7.61. The first-order valence-electron chi connectivity index (χ1n) is 13.0. The number of fused-ring (bicyclic) bond motifs is 1. The Morgan fingerprint density at radius 1 is 1.24 bits per heavy atom. The van der Waals surface area contributed by atoms with E-state index in [1.54, 1.807) is 23.9 Å². The van der Waals surface area contributed by atoms with Gasteiger partial charge in [-0.1, -0.05) is 17.8 Å². The van der Waals surface area contributed by atoms with Crippen LogP contribution >= 0.6 is 11.8 Å². The number of halogens is 2. The number of rotatable bonds is 5. The summed E-state index contributed by atoms with van der Waals surface area (Å²) < 4.78 is 28.6. The molecular weight excluding hydrogens is 556 g/mol. The van der Waals surface area contributed by atoms with Crippen molar-refractivity contribution in [2.75, 3.05) is 18.6 Å². The Hall–Kier alpha value is -4.07. The first-order chi connectivity index (χ1) is 19.3. The SMILES string of the molecule is CCN1C(=O)c2c(O)c(=O)c(C(=N)SC(=N)Cc3ccc(F)cc3F)cn2N(C)C12CCC(C(=O)N=C(C)N)CC2. The fraction of sp³-hybridized carbons (Fsp3) is 0.407. The highest BCUT2D eigenvalue weighted by atomic mass is 32.2. The number of nitrogens with one attached hydrogen (secondary N) is 2. The van der Waals surface area contributed by atoms with Crippen molar-refractivity contribution in [3.63, 3.8) is 0 Å². The molecule has 1 fully saturated rings. The van der Waals surface area contributed by atoms with E-state index < -0.39 is 34.4 Å². The average Bonchev–Trinajstić information content (AvgIpc) is 2.90. The van der Waals surface area contributed by atoms with Crippen LogP contribution in [0.5, 0.6) is 5.75 Å². The van der Waals surface area contributed by atoms with Gasteiger partial charge in [0, 0.05) is 38.2 Å². The molecule has 0 bridgehead atoms. The molecule has 0 radical (unpaired) electrons. The van der Waals surface area contributed by atoms with E-state index in [1.807, 2.05) is 0 Å². The highest BCUT2D eigenvalue weighted by molar-refractivity contribution is 8.26. The fourth-order valence-corrected chi connectivity index (χ4v) is 6.28. The van der Waals surface area contributed by atoms with Gasteiger partial charge in [0.25, 0.3) is 5.91 Å². The molecular formula is C27H31F2N7O4S. The molecule has 41 heavy (non-hydrogen) atoms. The lowest BCUT2D eigenvalue weighted by atomic mass is 9.79. The molecule has 5 N–H and O–H groups in total. The van der Waals surface area contributed by atoms with Crippen LogP contribution in [-0.2, 0) is 11.2 Å². The summed E-state index contributed by atoms with van der Waals surface area (Å²) in [5, 5.41) is 28.7. The van der Waals surface area contributed by atoms with E-state index in [0.717, 1.165) is 6.07 Å². The van der Waals surface area contributed by atoms with Crippen molar-refractivity contribution in [2.24, 2.45) is 16.6 Å². The summed E-state index contributed by atoms with van der Waals surface area (Å²) in [5.41, 5.74) is 3.29. The molecule has 0 atom stereocenters. The van der Waals surface area contributed by atoms with E-state index >= 15 is 0 Å². The molecule has 11 nitrogen and oxygen atoms in total. The summed E-state index contributed by atoms with van der Waals surface area (Å²) >= 11 is 0.584. The van der Waals surface area contributed by atoms with Crippen LogP contribution in [0.2, 0.25) is 0 Å². The summed E-state index contributed by atoms with van der Waals surface area (Å²) in [5.74, 6) is -3.48. The number of amidine groups is 1. The van der Waals surface area contributed by atoms with Crippen LogP contribution in [0.3, 0.4) is 0 Å². The summed E-state index contributed by atoms with van der Waals surface area (Å²) in [6.45, 7) is 3.60. The van der Waals surface area contributed by atoms with Crippen molar-refractivity contribution < 1.29 is 23.5 Å². The lowest BCUT2D eigenvalue weighted by Gasteiger charge is -2.56. The number of amides is 2. The Morgan fingerprint density at radius 2 is 1.90 bits per heavy atom. The zero-order valence-electron chi connectivity index (χ0n) is 22.8. The van der Waals surface area contributed by atoms with Crippen molar-refractivity contribution >= 4 is 39.5 Å². The van der Waals surface area contributed by atoms with E-state index in [0.29, 0.717) is 43.5 Å². The van der Waals surface area contributed by atoms with E-state index in [9.17, 15) is 28.3 Å². The summed E-state index contributed by atoms with van der Waals surface area (Å²) in [6, 6.07) is 2.96. The second-order valence-corrected chi connectivity index (χ2v) is 11.2. The van der Waals surface area contributed by atoms with E-state index in [4.69, 9.17) is 16.6 Å². The molecule has 14 heteroatoms. The number of thioether (sulfide) groups is 1. The normalized spacial score (nSPS) is 20.8. The first-order valence-corrected chi connectivity index (χ1v) is 13.8. The number of hydrogen-bond acceptors (Lipinski definition) is 8. The van der Waals surface area contributed by atoms with Gasteiger partial charge in [0.1, 0.15) is 22.3 Å². The maximum absolute atomic E-state index is 14.1. The van der Waals surface area contributed by atoms with Crippen LogP contribution in [-0.4, -0.2) is 61.7 Å². The number of nitrogens with two attached hydrogens (primary N) is 1. The topological polar surface area (TPSA) is 169 Å². The molecule has 2 aromatic rings. The maximum atomic E-state index is 14.1. The molecule has 2 heterocycles. The van der Waals surface area contributed by atoms with Gasteiger partial charge >= 0.3 is 0 Å². The number of aliphatic imine (C=N–C) groups is 1. The molecule has 0 saturated heterocycles. The largest absolute Gasteiger partial charge is 0.502 e. The number of benzene rings is 1. The summed E-state index contributed by atoms with van der Waals surface area (Å²) in [4.78, 5) is 44.7. The van der Waals surface area contributed by atoms with Crippen molar-refractivity contribution in [1.29, 1.82) is 10.8 Å². The lowest BCUT2D eigenvalue weighted by molar-refractivity contribution is -0.123. The van der Waals surface area contributed by atoms with Gasteiger partial charge in [-0.05, 0) is 51.2 Å². The van der Waals surface area contributed by atoms with Crippen LogP contribution < -0.4 is 16.2 Å². The van der Waals surface area contributed by atoms with E-state index in [1.165, 1.54) is 23.9 Å². The third-order valence-corrected chi connectivity index (χ3v) is 8.43. The monoisotopic (exact) mass is 587 g/mol. The second-order valence-electron chi connectivity index (χ2n) is 10.1. The third kappa shape index (κ3) is 5.47. The molecule has 2 aliphatic rings. The fourth-order valence-electron chi connectivity index (χ4n) is 5.55. The Labute approximate surface area is 239 Å². The molecule has 218 valence electrons. The van der Waals surface area contributed by atoms with Gasteiger partial charge in [-0.15, -0.1) is 0 Å². The molecule has 1 spiro atoms. The van der Waals surface area contributed by atoms with Crippen LogP contribution in [0.15, 0.2) is 34.2 Å². The maximum Gasteiger partial charge on any atom is 0.278 e. The predicted octanol–water partition coefficient (Wildman–Crippen LogP) is 2.94. The number of carbonyl (C=O) groups excluding carboxylic acids is 2. The number of hydrogen-bond donors (Lipinski definition) is 4. The van der Waals surface area contributed by atoms with E-state index in [-0.39, 0.29) is 57.5 Å². The quantitative estimate of drug-likeness (QED) is 0.308. The molecule has 1 aromatic carbocycles. The van der Waals surface area contributed by atoms with Gasteiger partial charge in [-0.3, -0.25) is 34.9 Å². The number of nitrogens with zero attached hydrogens (tertiary/aromatic N) is 4. The summed E-state index contributed by atoms with van der Waals surface area (Å²) in [7, 11) is 1.70. The van der Waals surface area contributed by atoms with Crippen molar-refractivity contribution in [1.82, 2.24) is 9.58 Å². The molecule has 1 aliphatic carbocycles. The number of carbonyl (C=O) groups is 2. The Balaban J connectivity index is 1.64. The molecule has 4 rings (SSSR count). The average molecular weight is 588 g/mol. The smallest absolute Gasteiger partial charge is 0.278 e. The van der Waals surface area contributed by atoms with Gasteiger partial charge in [0.15, 0.2) is 11.4 Å². The molecule has 0 unspecified atom stereocenters. The Bertz CT molecular complexity index is 1530. The minimum Gasteiger partial charge on any atom is -0.502 e. The second kappa shape index (κ2) is 11.4. The molecule has 1 saturated carbocycles. The van der Waals surface area contributed by atoms with Crippen LogP contribution in [0.4, 0.5) is 8.78 Å². The molecule has 1 aliphatic heterocycles. The van der Waals surface area contributed by atoms with Gasteiger partial charge in [-0.2, -0.15) is 0 Å². The zero-order valence-corrected chi connectivity index (χ0v) is 23.6. The highest BCUT2D eigenvalue weighted by Gasteiger charge is 2.51. The van der Waals surface area contributed by atoms with Crippen molar-refractivity contribution in [2.45, 2.75) is 51.6 Å². The van der Waals surface area contributed by atoms with Gasteiger partial charge in [-0.25, -0.2) is 13.8 Å². The minimum atomic E-state index is -0.951. The number of pyridine rings is 1. The Morgan fingerprint density at radius 3 is 2.49 bits per heavy atom. The van der Waals surface area contributed by atoms with Crippen LogP contribution in [0.25, 0.3) is 0 Å². The van der Waals surface area contributed by atoms with E-state index in [2.05, 4.69) is 4.99 Å². The van der Waals surface area contributed by atoms with Gasteiger partial charge in [0.2, 0.25) is 11.3 Å². The van der Waals surface area contributed by atoms with Crippen LogP contribution in [0, 0.1) is 28.4 Å².